The summed E-state index contributed by atoms with van der Waals surface area (Å²) in [6.07, 6.45) is 0.601. The first-order chi connectivity index (χ1) is 10.9. The van der Waals surface area contributed by atoms with Crippen LogP contribution in [0.3, 0.4) is 0 Å². The maximum absolute atomic E-state index is 13.2. The van der Waals surface area contributed by atoms with Crippen LogP contribution >= 0.6 is 12.2 Å². The molecule has 6 nitrogen and oxygen atoms in total. The van der Waals surface area contributed by atoms with Crippen molar-refractivity contribution < 1.29 is 13.2 Å². The summed E-state index contributed by atoms with van der Waals surface area (Å²) >= 11 is 4.60. The predicted octanol–water partition coefficient (Wildman–Crippen LogP) is 2.60. The first-order valence-corrected chi connectivity index (χ1v) is 6.94. The van der Waals surface area contributed by atoms with E-state index in [9.17, 15) is 13.2 Å². The third kappa shape index (κ3) is 3.02. The second-order valence-corrected chi connectivity index (χ2v) is 5.42. The first-order valence-electron chi connectivity index (χ1n) is 6.54. The number of thiocarbonyl (C=S) groups is 1. The number of rotatable bonds is 4. The zero-order chi connectivity index (χ0) is 16.6. The van der Waals surface area contributed by atoms with Gasteiger partial charge in [-0.1, -0.05) is 12.2 Å². The molecule has 23 heavy (non-hydrogen) atoms. The third-order valence-corrected chi connectivity index (χ3v) is 3.49. The Hall–Kier alpha value is -2.49. The van der Waals surface area contributed by atoms with E-state index in [1.54, 1.807) is 12.3 Å². The lowest BCUT2D eigenvalue weighted by molar-refractivity contribution is -0.168. The maximum atomic E-state index is 13.2. The fourth-order valence-corrected chi connectivity index (χ4v) is 2.44. The number of fused-ring (bicyclic) bond motifs is 1. The number of hydrogen-bond acceptors (Lipinski definition) is 4. The van der Waals surface area contributed by atoms with Gasteiger partial charge in [0.15, 0.2) is 6.04 Å². The Morgan fingerprint density at radius 3 is 2.87 bits per heavy atom. The predicted molar refractivity (Wildman–Crippen MR) is 81.6 cm³/mol. The van der Waals surface area contributed by atoms with Crippen molar-refractivity contribution in [3.8, 4) is 11.3 Å². The summed E-state index contributed by atoms with van der Waals surface area (Å²) in [5.41, 5.74) is 6.82. The molecule has 1 atom stereocenters. The fourth-order valence-electron chi connectivity index (χ4n) is 2.28. The standard InChI is InChI=1S/C13H11F3N6S/c14-13(15,16)9(3-10(17)23)22-5-7(4-21-22)11-8-1-2-18-12(8)20-6-19-11/h1-2,4-6,9H,3H2,(H2,17,23)(H,18,19,20). The minimum absolute atomic E-state index is 0.223. The molecule has 0 fully saturated rings. The van der Waals surface area contributed by atoms with Crippen LogP contribution in [0.4, 0.5) is 13.2 Å². The minimum Gasteiger partial charge on any atom is -0.393 e. The molecular formula is C13H11F3N6S. The van der Waals surface area contributed by atoms with Crippen LogP contribution < -0.4 is 5.73 Å². The summed E-state index contributed by atoms with van der Waals surface area (Å²) < 4.78 is 40.3. The molecule has 120 valence electrons. The highest BCUT2D eigenvalue weighted by atomic mass is 32.1. The molecule has 0 aliphatic heterocycles. The van der Waals surface area contributed by atoms with Gasteiger partial charge in [-0.15, -0.1) is 0 Å². The van der Waals surface area contributed by atoms with Gasteiger partial charge < -0.3 is 10.7 Å². The van der Waals surface area contributed by atoms with Gasteiger partial charge in [0, 0.05) is 29.8 Å². The van der Waals surface area contributed by atoms with Crippen molar-refractivity contribution in [3.63, 3.8) is 0 Å². The molecule has 0 radical (unpaired) electrons. The Morgan fingerprint density at radius 2 is 2.17 bits per heavy atom. The Kier molecular flexibility index (Phi) is 3.76. The molecule has 3 aromatic rings. The molecule has 0 saturated carbocycles. The van der Waals surface area contributed by atoms with Crippen LogP contribution in [0, 0.1) is 0 Å². The second kappa shape index (κ2) is 5.61. The molecule has 10 heteroatoms. The molecule has 0 spiro atoms. The summed E-state index contributed by atoms with van der Waals surface area (Å²) in [5, 5.41) is 4.51. The lowest BCUT2D eigenvalue weighted by Crippen LogP contribution is -2.30. The minimum atomic E-state index is -4.51. The van der Waals surface area contributed by atoms with Crippen LogP contribution in [0.2, 0.25) is 0 Å². The molecule has 3 aromatic heterocycles. The van der Waals surface area contributed by atoms with Gasteiger partial charge in [-0.2, -0.15) is 18.3 Å². The van der Waals surface area contributed by atoms with Gasteiger partial charge in [-0.05, 0) is 6.07 Å². The molecule has 0 saturated heterocycles. The van der Waals surface area contributed by atoms with E-state index in [1.165, 1.54) is 18.7 Å². The zero-order valence-corrected chi connectivity index (χ0v) is 12.4. The number of nitrogens with one attached hydrogen (secondary N) is 1. The molecule has 0 bridgehead atoms. The summed E-state index contributed by atoms with van der Waals surface area (Å²) in [7, 11) is 0. The van der Waals surface area contributed by atoms with E-state index in [2.05, 4.69) is 32.3 Å². The van der Waals surface area contributed by atoms with Gasteiger partial charge in [0.2, 0.25) is 0 Å². The van der Waals surface area contributed by atoms with Crippen molar-refractivity contribution in [2.45, 2.75) is 18.6 Å². The lowest BCUT2D eigenvalue weighted by Gasteiger charge is -2.20. The highest BCUT2D eigenvalue weighted by Gasteiger charge is 2.42. The third-order valence-electron chi connectivity index (χ3n) is 3.32. The van der Waals surface area contributed by atoms with E-state index in [0.717, 1.165) is 4.68 Å². The molecule has 0 aromatic carbocycles. The van der Waals surface area contributed by atoms with Crippen molar-refractivity contribution >= 4 is 28.2 Å². The number of nitrogens with two attached hydrogens (primary N) is 1. The van der Waals surface area contributed by atoms with E-state index in [1.807, 2.05) is 0 Å². The molecular weight excluding hydrogens is 329 g/mol. The molecule has 0 aliphatic carbocycles. The van der Waals surface area contributed by atoms with E-state index in [0.29, 0.717) is 22.3 Å². The molecule has 3 N–H and O–H groups in total. The van der Waals surface area contributed by atoms with Crippen molar-refractivity contribution in [1.82, 2.24) is 24.7 Å². The van der Waals surface area contributed by atoms with Crippen LogP contribution in [-0.4, -0.2) is 35.9 Å². The Balaban J connectivity index is 2.02. The average Bonchev–Trinajstić information content (AvgIpc) is 3.12. The first kappa shape index (κ1) is 15.4. The Bertz CT molecular complexity index is 853. The van der Waals surface area contributed by atoms with Crippen molar-refractivity contribution in [1.29, 1.82) is 0 Å². The summed E-state index contributed by atoms with van der Waals surface area (Å²) in [5.74, 6) is 0. The smallest absolute Gasteiger partial charge is 0.393 e. The SMILES string of the molecule is NC(=S)CC(n1cc(-c2ncnc3[nH]ccc23)cn1)C(F)(F)F. The molecule has 0 aliphatic rings. The van der Waals surface area contributed by atoms with E-state index < -0.39 is 18.6 Å². The number of nitrogens with zero attached hydrogens (tertiary/aromatic N) is 4. The number of aromatic amines is 1. The summed E-state index contributed by atoms with van der Waals surface area (Å²) in [6.45, 7) is 0. The molecule has 3 rings (SSSR count). The van der Waals surface area contributed by atoms with Gasteiger partial charge >= 0.3 is 6.18 Å². The van der Waals surface area contributed by atoms with Crippen LogP contribution in [0.25, 0.3) is 22.3 Å². The number of halogens is 3. The van der Waals surface area contributed by atoms with E-state index in [4.69, 9.17) is 5.73 Å². The number of alkyl halides is 3. The Labute approximate surface area is 133 Å². The van der Waals surface area contributed by atoms with Gasteiger partial charge in [0.25, 0.3) is 0 Å². The number of aromatic nitrogens is 5. The topological polar surface area (TPSA) is 85.4 Å². The van der Waals surface area contributed by atoms with Crippen molar-refractivity contribution in [3.05, 3.63) is 31.0 Å². The molecule has 1 unspecified atom stereocenters. The van der Waals surface area contributed by atoms with Gasteiger partial charge in [-0.3, -0.25) is 4.68 Å². The van der Waals surface area contributed by atoms with Crippen LogP contribution in [-0.2, 0) is 0 Å². The van der Waals surface area contributed by atoms with Crippen molar-refractivity contribution in [2.75, 3.05) is 0 Å². The number of hydrogen-bond donors (Lipinski definition) is 2. The molecule has 0 amide bonds. The van der Waals surface area contributed by atoms with Gasteiger partial charge in [0.05, 0.1) is 16.9 Å². The summed E-state index contributed by atoms with van der Waals surface area (Å²) in [6, 6.07) is -0.157. The van der Waals surface area contributed by atoms with Crippen molar-refractivity contribution in [2.24, 2.45) is 5.73 Å². The fraction of sp³-hybridized carbons (Fsp3) is 0.231. The zero-order valence-electron chi connectivity index (χ0n) is 11.6. The Morgan fingerprint density at radius 1 is 1.39 bits per heavy atom. The quantitative estimate of drug-likeness (QED) is 0.713. The monoisotopic (exact) mass is 340 g/mol. The average molecular weight is 340 g/mol. The highest BCUT2D eigenvalue weighted by molar-refractivity contribution is 7.80. The number of H-pyrrole nitrogens is 1. The normalized spacial score (nSPS) is 13.3. The van der Waals surface area contributed by atoms with Gasteiger partial charge in [0.1, 0.15) is 12.0 Å². The van der Waals surface area contributed by atoms with Crippen LogP contribution in [0.1, 0.15) is 12.5 Å². The molecule has 3 heterocycles. The van der Waals surface area contributed by atoms with E-state index >= 15 is 0 Å². The summed E-state index contributed by atoms with van der Waals surface area (Å²) in [4.78, 5) is 10.9. The highest BCUT2D eigenvalue weighted by Crippen LogP contribution is 2.34. The maximum Gasteiger partial charge on any atom is 0.411 e. The second-order valence-electron chi connectivity index (χ2n) is 4.90. The van der Waals surface area contributed by atoms with Crippen LogP contribution in [0.5, 0.6) is 0 Å². The van der Waals surface area contributed by atoms with Crippen LogP contribution in [0.15, 0.2) is 31.0 Å². The lowest BCUT2D eigenvalue weighted by atomic mass is 10.2. The van der Waals surface area contributed by atoms with Gasteiger partial charge in [-0.25, -0.2) is 9.97 Å². The largest absolute Gasteiger partial charge is 0.411 e. The van der Waals surface area contributed by atoms with E-state index in [-0.39, 0.29) is 4.99 Å².